The third-order valence-corrected chi connectivity index (χ3v) is 5.81. The van der Waals surface area contributed by atoms with Crippen LogP contribution in [0, 0.1) is 22.7 Å². The van der Waals surface area contributed by atoms with Gasteiger partial charge >= 0.3 is 0 Å². The van der Waals surface area contributed by atoms with Crippen molar-refractivity contribution < 1.29 is 5.11 Å². The minimum atomic E-state index is -0.00421. The average molecular weight is 222 g/mol. The Morgan fingerprint density at radius 1 is 1.38 bits per heavy atom. The first-order valence-corrected chi connectivity index (χ1v) is 6.75. The summed E-state index contributed by atoms with van der Waals surface area (Å²) in [6.07, 6.45) is 7.63. The smallest absolute Gasteiger partial charge is 0.0527 e. The Bertz CT molecular complexity index is 303. The van der Waals surface area contributed by atoms with Gasteiger partial charge in [0.05, 0.1) is 6.61 Å². The Balaban J connectivity index is 2.44. The number of hydrogen-bond acceptors (Lipinski definition) is 1. The molecule has 2 rings (SSSR count). The SMILES string of the molecule is CC1CC2CCCC=C2C(C)(CO)C1(C)C. The lowest BCUT2D eigenvalue weighted by atomic mass is 9.49. The van der Waals surface area contributed by atoms with E-state index in [0.29, 0.717) is 12.5 Å². The second-order valence-corrected chi connectivity index (χ2v) is 6.64. The van der Waals surface area contributed by atoms with Crippen molar-refractivity contribution in [2.45, 2.75) is 53.4 Å². The molecule has 0 amide bonds. The fourth-order valence-corrected chi connectivity index (χ4v) is 3.80. The van der Waals surface area contributed by atoms with Gasteiger partial charge in [-0.3, -0.25) is 0 Å². The van der Waals surface area contributed by atoms with Crippen molar-refractivity contribution >= 4 is 0 Å². The Morgan fingerprint density at radius 3 is 2.69 bits per heavy atom. The van der Waals surface area contributed by atoms with Crippen LogP contribution in [-0.2, 0) is 0 Å². The molecule has 3 unspecified atom stereocenters. The van der Waals surface area contributed by atoms with Crippen LogP contribution in [0.5, 0.6) is 0 Å². The molecular weight excluding hydrogens is 196 g/mol. The molecule has 3 atom stereocenters. The lowest BCUT2D eigenvalue weighted by Gasteiger charge is -2.56. The standard InChI is InChI=1S/C15H26O/c1-11-9-12-7-5-6-8-13(12)15(4,10-16)14(11,2)3/h8,11-12,16H,5-7,9-10H2,1-4H3. The van der Waals surface area contributed by atoms with Crippen LogP contribution in [0.3, 0.4) is 0 Å². The summed E-state index contributed by atoms with van der Waals surface area (Å²) < 4.78 is 0. The van der Waals surface area contributed by atoms with E-state index in [1.807, 2.05) is 0 Å². The predicted octanol–water partition coefficient (Wildman–Crippen LogP) is 3.78. The molecular formula is C15H26O. The van der Waals surface area contributed by atoms with E-state index in [4.69, 9.17) is 0 Å². The molecule has 0 radical (unpaired) electrons. The molecule has 0 aromatic heterocycles. The van der Waals surface area contributed by atoms with Crippen LogP contribution in [-0.4, -0.2) is 11.7 Å². The van der Waals surface area contributed by atoms with Crippen LogP contribution in [0.2, 0.25) is 0 Å². The van der Waals surface area contributed by atoms with Gasteiger partial charge in [0.25, 0.3) is 0 Å². The summed E-state index contributed by atoms with van der Waals surface area (Å²) in [6.45, 7) is 9.60. The van der Waals surface area contributed by atoms with Crippen molar-refractivity contribution in [2.24, 2.45) is 22.7 Å². The van der Waals surface area contributed by atoms with Crippen molar-refractivity contribution in [3.05, 3.63) is 11.6 Å². The molecule has 92 valence electrons. The molecule has 0 saturated heterocycles. The summed E-state index contributed by atoms with van der Waals surface area (Å²) >= 11 is 0. The normalized spacial score (nSPS) is 42.4. The van der Waals surface area contributed by atoms with Gasteiger partial charge in [-0.1, -0.05) is 39.3 Å². The first-order chi connectivity index (χ1) is 7.43. The number of aliphatic hydroxyl groups is 1. The molecule has 16 heavy (non-hydrogen) atoms. The fraction of sp³-hybridized carbons (Fsp3) is 0.867. The van der Waals surface area contributed by atoms with Gasteiger partial charge in [-0.15, -0.1) is 0 Å². The quantitative estimate of drug-likeness (QED) is 0.669. The maximum atomic E-state index is 9.90. The molecule has 0 heterocycles. The van der Waals surface area contributed by atoms with Crippen LogP contribution < -0.4 is 0 Å². The summed E-state index contributed by atoms with van der Waals surface area (Å²) in [5.41, 5.74) is 1.77. The van der Waals surface area contributed by atoms with E-state index in [1.165, 1.54) is 25.7 Å². The largest absolute Gasteiger partial charge is 0.395 e. The summed E-state index contributed by atoms with van der Waals surface area (Å²) in [7, 11) is 0. The molecule has 0 aromatic rings. The van der Waals surface area contributed by atoms with E-state index in [2.05, 4.69) is 33.8 Å². The minimum Gasteiger partial charge on any atom is -0.395 e. The fourth-order valence-electron chi connectivity index (χ4n) is 3.80. The molecule has 1 N–H and O–H groups in total. The highest BCUT2D eigenvalue weighted by molar-refractivity contribution is 5.26. The zero-order valence-electron chi connectivity index (χ0n) is 11.2. The van der Waals surface area contributed by atoms with Gasteiger partial charge in [-0.25, -0.2) is 0 Å². The van der Waals surface area contributed by atoms with Gasteiger partial charge in [0.15, 0.2) is 0 Å². The Labute approximate surface area is 99.9 Å². The summed E-state index contributed by atoms with van der Waals surface area (Å²) in [4.78, 5) is 0. The van der Waals surface area contributed by atoms with Gasteiger partial charge in [-0.05, 0) is 42.9 Å². The maximum absolute atomic E-state index is 9.90. The molecule has 0 spiro atoms. The number of aliphatic hydroxyl groups excluding tert-OH is 1. The van der Waals surface area contributed by atoms with Crippen LogP contribution >= 0.6 is 0 Å². The Morgan fingerprint density at radius 2 is 2.06 bits per heavy atom. The predicted molar refractivity (Wildman–Crippen MR) is 68.2 cm³/mol. The highest BCUT2D eigenvalue weighted by Gasteiger charge is 2.52. The highest BCUT2D eigenvalue weighted by atomic mass is 16.3. The first kappa shape index (κ1) is 12.2. The third kappa shape index (κ3) is 1.48. The zero-order chi connectivity index (χ0) is 12.0. The topological polar surface area (TPSA) is 20.2 Å². The molecule has 0 aliphatic heterocycles. The molecule has 1 nitrogen and oxygen atoms in total. The second kappa shape index (κ2) is 3.87. The van der Waals surface area contributed by atoms with E-state index in [1.54, 1.807) is 5.57 Å². The van der Waals surface area contributed by atoms with Crippen LogP contribution in [0.4, 0.5) is 0 Å². The van der Waals surface area contributed by atoms with E-state index >= 15 is 0 Å². The van der Waals surface area contributed by atoms with E-state index < -0.39 is 0 Å². The number of hydrogen-bond donors (Lipinski definition) is 1. The van der Waals surface area contributed by atoms with Crippen molar-refractivity contribution in [1.29, 1.82) is 0 Å². The van der Waals surface area contributed by atoms with Crippen LogP contribution in [0.15, 0.2) is 11.6 Å². The van der Waals surface area contributed by atoms with Gasteiger partial charge in [0, 0.05) is 5.41 Å². The van der Waals surface area contributed by atoms with E-state index in [-0.39, 0.29) is 10.8 Å². The van der Waals surface area contributed by atoms with Crippen molar-refractivity contribution in [1.82, 2.24) is 0 Å². The zero-order valence-corrected chi connectivity index (χ0v) is 11.2. The van der Waals surface area contributed by atoms with E-state index in [9.17, 15) is 5.11 Å². The van der Waals surface area contributed by atoms with Gasteiger partial charge in [0.1, 0.15) is 0 Å². The van der Waals surface area contributed by atoms with Gasteiger partial charge < -0.3 is 5.11 Å². The van der Waals surface area contributed by atoms with Gasteiger partial charge in [0.2, 0.25) is 0 Å². The van der Waals surface area contributed by atoms with Crippen LogP contribution in [0.1, 0.15) is 53.4 Å². The molecule has 1 fully saturated rings. The lowest BCUT2D eigenvalue weighted by Crippen LogP contribution is -2.50. The second-order valence-electron chi connectivity index (χ2n) is 6.64. The third-order valence-electron chi connectivity index (χ3n) is 5.81. The number of fused-ring (bicyclic) bond motifs is 1. The lowest BCUT2D eigenvalue weighted by molar-refractivity contribution is -0.0325. The first-order valence-electron chi connectivity index (χ1n) is 6.75. The van der Waals surface area contributed by atoms with Crippen LogP contribution in [0.25, 0.3) is 0 Å². The molecule has 1 heteroatoms. The summed E-state index contributed by atoms with van der Waals surface area (Å²) in [5.74, 6) is 1.44. The summed E-state index contributed by atoms with van der Waals surface area (Å²) in [6, 6.07) is 0. The van der Waals surface area contributed by atoms with E-state index in [0.717, 1.165) is 5.92 Å². The molecule has 0 aromatic carbocycles. The van der Waals surface area contributed by atoms with Crippen molar-refractivity contribution in [3.63, 3.8) is 0 Å². The highest BCUT2D eigenvalue weighted by Crippen LogP contribution is 2.59. The minimum absolute atomic E-state index is 0.00421. The van der Waals surface area contributed by atoms with Crippen molar-refractivity contribution in [2.75, 3.05) is 6.61 Å². The number of allylic oxidation sites excluding steroid dienone is 1. The monoisotopic (exact) mass is 222 g/mol. The average Bonchev–Trinajstić information content (AvgIpc) is 2.27. The molecule has 2 aliphatic rings. The maximum Gasteiger partial charge on any atom is 0.0527 e. The Kier molecular flexibility index (Phi) is 2.94. The molecule has 1 saturated carbocycles. The van der Waals surface area contributed by atoms with Crippen molar-refractivity contribution in [3.8, 4) is 0 Å². The van der Waals surface area contributed by atoms with Gasteiger partial charge in [-0.2, -0.15) is 0 Å². The summed E-state index contributed by atoms with van der Waals surface area (Å²) in [5, 5.41) is 9.90. The number of rotatable bonds is 1. The molecule has 0 bridgehead atoms. The Hall–Kier alpha value is -0.300. The molecule has 2 aliphatic carbocycles.